The van der Waals surface area contributed by atoms with Gasteiger partial charge in [-0.15, -0.1) is 0 Å². The number of anilines is 2. The topological polar surface area (TPSA) is 80.9 Å². The zero-order valence-corrected chi connectivity index (χ0v) is 10.3. The fourth-order valence-corrected chi connectivity index (χ4v) is 2.17. The highest BCUT2D eigenvalue weighted by atomic mass is 16.2. The van der Waals surface area contributed by atoms with E-state index in [1.165, 1.54) is 6.20 Å². The van der Waals surface area contributed by atoms with Crippen molar-refractivity contribution in [1.29, 1.82) is 0 Å². The first-order valence-corrected chi connectivity index (χ1v) is 6.14. The number of benzene rings is 1. The Kier molecular flexibility index (Phi) is 2.67. The molecular formula is C14H14N4O. The SMILES string of the molecule is Nc1ccc(C2(C(=O)Nc3cnccn3)CC2)cc1. The number of nitrogens with two attached hydrogens (primary N) is 1. The second-order valence-electron chi connectivity index (χ2n) is 4.75. The molecule has 2 aromatic rings. The summed E-state index contributed by atoms with van der Waals surface area (Å²) in [4.78, 5) is 20.4. The van der Waals surface area contributed by atoms with Crippen LogP contribution in [0.5, 0.6) is 0 Å². The summed E-state index contributed by atoms with van der Waals surface area (Å²) in [6.07, 6.45) is 6.36. The smallest absolute Gasteiger partial charge is 0.236 e. The van der Waals surface area contributed by atoms with Crippen LogP contribution in [-0.4, -0.2) is 15.9 Å². The number of nitrogens with zero attached hydrogens (tertiary/aromatic N) is 2. The molecule has 3 rings (SSSR count). The summed E-state index contributed by atoms with van der Waals surface area (Å²) in [5, 5.41) is 2.81. The fourth-order valence-electron chi connectivity index (χ4n) is 2.17. The lowest BCUT2D eigenvalue weighted by Crippen LogP contribution is -2.28. The Morgan fingerprint density at radius 3 is 2.53 bits per heavy atom. The molecule has 1 saturated carbocycles. The summed E-state index contributed by atoms with van der Waals surface area (Å²) >= 11 is 0. The van der Waals surface area contributed by atoms with E-state index in [1.54, 1.807) is 12.4 Å². The Hall–Kier alpha value is -2.43. The van der Waals surface area contributed by atoms with Crippen LogP contribution in [0.3, 0.4) is 0 Å². The van der Waals surface area contributed by atoms with Crippen molar-refractivity contribution >= 4 is 17.4 Å². The molecule has 0 bridgehead atoms. The van der Waals surface area contributed by atoms with Crippen LogP contribution < -0.4 is 11.1 Å². The van der Waals surface area contributed by atoms with Crippen LogP contribution in [0.2, 0.25) is 0 Å². The number of nitrogens with one attached hydrogen (secondary N) is 1. The van der Waals surface area contributed by atoms with Crippen molar-refractivity contribution in [2.45, 2.75) is 18.3 Å². The second kappa shape index (κ2) is 4.35. The largest absolute Gasteiger partial charge is 0.399 e. The van der Waals surface area contributed by atoms with E-state index in [2.05, 4.69) is 15.3 Å². The third kappa shape index (κ3) is 2.14. The number of amides is 1. The molecular weight excluding hydrogens is 240 g/mol. The van der Waals surface area contributed by atoms with E-state index in [0.29, 0.717) is 11.5 Å². The van der Waals surface area contributed by atoms with Gasteiger partial charge >= 0.3 is 0 Å². The Bertz CT molecular complexity index is 591. The molecule has 0 atom stereocenters. The summed E-state index contributed by atoms with van der Waals surface area (Å²) in [5.74, 6) is 0.451. The standard InChI is InChI=1S/C14H14N4O/c15-11-3-1-10(2-4-11)14(5-6-14)13(19)18-12-9-16-7-8-17-12/h1-4,7-9H,5-6,15H2,(H,17,18,19). The first-order valence-electron chi connectivity index (χ1n) is 6.14. The van der Waals surface area contributed by atoms with Crippen LogP contribution in [0.25, 0.3) is 0 Å². The van der Waals surface area contributed by atoms with Crippen LogP contribution >= 0.6 is 0 Å². The summed E-state index contributed by atoms with van der Waals surface area (Å²) in [6.45, 7) is 0. The Morgan fingerprint density at radius 2 is 1.95 bits per heavy atom. The van der Waals surface area contributed by atoms with Crippen LogP contribution in [0.1, 0.15) is 18.4 Å². The van der Waals surface area contributed by atoms with E-state index in [4.69, 9.17) is 5.73 Å². The maximum absolute atomic E-state index is 12.4. The minimum atomic E-state index is -0.425. The maximum atomic E-state index is 12.4. The lowest BCUT2D eigenvalue weighted by Gasteiger charge is -2.15. The summed E-state index contributed by atoms with van der Waals surface area (Å²) in [6, 6.07) is 7.48. The van der Waals surface area contributed by atoms with Gasteiger partial charge in [0.2, 0.25) is 5.91 Å². The molecule has 1 amide bonds. The van der Waals surface area contributed by atoms with Gasteiger partial charge in [0.15, 0.2) is 5.82 Å². The van der Waals surface area contributed by atoms with Gasteiger partial charge in [-0.25, -0.2) is 4.98 Å². The van der Waals surface area contributed by atoms with Gasteiger partial charge in [-0.1, -0.05) is 12.1 Å². The van der Waals surface area contributed by atoms with Crippen molar-refractivity contribution in [3.05, 3.63) is 48.4 Å². The van der Waals surface area contributed by atoms with Crippen molar-refractivity contribution in [2.75, 3.05) is 11.1 Å². The number of hydrogen-bond acceptors (Lipinski definition) is 4. The number of carbonyl (C=O) groups excluding carboxylic acids is 1. The summed E-state index contributed by atoms with van der Waals surface area (Å²) < 4.78 is 0. The number of nitrogen functional groups attached to an aromatic ring is 1. The predicted molar refractivity (Wildman–Crippen MR) is 72.4 cm³/mol. The average Bonchev–Trinajstić information content (AvgIpc) is 3.22. The average molecular weight is 254 g/mol. The molecule has 1 fully saturated rings. The molecule has 1 aliphatic carbocycles. The molecule has 1 heterocycles. The quantitative estimate of drug-likeness (QED) is 0.817. The van der Waals surface area contributed by atoms with Crippen LogP contribution in [0, 0.1) is 0 Å². The Morgan fingerprint density at radius 1 is 1.21 bits per heavy atom. The van der Waals surface area contributed by atoms with E-state index < -0.39 is 5.41 Å². The Balaban J connectivity index is 1.81. The zero-order chi connectivity index (χ0) is 13.3. The molecule has 1 aromatic carbocycles. The van der Waals surface area contributed by atoms with E-state index in [0.717, 1.165) is 18.4 Å². The molecule has 0 unspecified atom stereocenters. The molecule has 19 heavy (non-hydrogen) atoms. The summed E-state index contributed by atoms with van der Waals surface area (Å²) in [5.41, 5.74) is 6.95. The van der Waals surface area contributed by atoms with Gasteiger partial charge in [0.05, 0.1) is 11.6 Å². The first kappa shape index (κ1) is 11.6. The predicted octanol–water partition coefficient (Wildman–Crippen LogP) is 1.73. The van der Waals surface area contributed by atoms with Crippen molar-refractivity contribution in [1.82, 2.24) is 9.97 Å². The van der Waals surface area contributed by atoms with Gasteiger partial charge in [0.1, 0.15) is 0 Å². The fraction of sp³-hybridized carbons (Fsp3) is 0.214. The molecule has 5 heteroatoms. The number of carbonyl (C=O) groups is 1. The van der Waals surface area contributed by atoms with E-state index in [-0.39, 0.29) is 5.91 Å². The van der Waals surface area contributed by atoms with E-state index in [9.17, 15) is 4.79 Å². The highest BCUT2D eigenvalue weighted by molar-refractivity contribution is 6.00. The molecule has 0 radical (unpaired) electrons. The molecule has 0 spiro atoms. The second-order valence-corrected chi connectivity index (χ2v) is 4.75. The number of aromatic nitrogens is 2. The highest BCUT2D eigenvalue weighted by Crippen LogP contribution is 2.49. The molecule has 3 N–H and O–H groups in total. The van der Waals surface area contributed by atoms with Crippen molar-refractivity contribution in [3.63, 3.8) is 0 Å². The maximum Gasteiger partial charge on any atom is 0.236 e. The minimum Gasteiger partial charge on any atom is -0.399 e. The monoisotopic (exact) mass is 254 g/mol. The first-order chi connectivity index (χ1) is 9.21. The van der Waals surface area contributed by atoms with Gasteiger partial charge in [0, 0.05) is 18.1 Å². The lowest BCUT2D eigenvalue weighted by atomic mass is 9.95. The van der Waals surface area contributed by atoms with E-state index >= 15 is 0 Å². The summed E-state index contributed by atoms with van der Waals surface area (Å²) in [7, 11) is 0. The molecule has 5 nitrogen and oxygen atoms in total. The van der Waals surface area contributed by atoms with Crippen LogP contribution in [-0.2, 0) is 10.2 Å². The van der Waals surface area contributed by atoms with Crippen molar-refractivity contribution in [3.8, 4) is 0 Å². The normalized spacial score (nSPS) is 15.8. The van der Waals surface area contributed by atoms with E-state index in [1.807, 2.05) is 24.3 Å². The van der Waals surface area contributed by atoms with Gasteiger partial charge in [-0.3, -0.25) is 9.78 Å². The van der Waals surface area contributed by atoms with Gasteiger partial charge in [-0.2, -0.15) is 0 Å². The zero-order valence-electron chi connectivity index (χ0n) is 10.3. The lowest BCUT2D eigenvalue weighted by molar-refractivity contribution is -0.118. The Labute approximate surface area is 110 Å². The van der Waals surface area contributed by atoms with Crippen molar-refractivity contribution < 1.29 is 4.79 Å². The van der Waals surface area contributed by atoms with Gasteiger partial charge in [0.25, 0.3) is 0 Å². The molecule has 1 aliphatic rings. The van der Waals surface area contributed by atoms with Gasteiger partial charge < -0.3 is 11.1 Å². The molecule has 96 valence electrons. The molecule has 0 saturated heterocycles. The molecule has 1 aromatic heterocycles. The van der Waals surface area contributed by atoms with Crippen LogP contribution in [0.4, 0.5) is 11.5 Å². The van der Waals surface area contributed by atoms with Crippen molar-refractivity contribution in [2.24, 2.45) is 0 Å². The van der Waals surface area contributed by atoms with Gasteiger partial charge in [-0.05, 0) is 30.5 Å². The minimum absolute atomic E-state index is 0.0298. The third-order valence-electron chi connectivity index (χ3n) is 3.45. The number of rotatable bonds is 3. The third-order valence-corrected chi connectivity index (χ3v) is 3.45. The number of hydrogen-bond donors (Lipinski definition) is 2. The van der Waals surface area contributed by atoms with Crippen LogP contribution in [0.15, 0.2) is 42.9 Å². The molecule has 0 aliphatic heterocycles. The highest BCUT2D eigenvalue weighted by Gasteiger charge is 2.51.